The van der Waals surface area contributed by atoms with Gasteiger partial charge in [0.05, 0.1) is 6.61 Å². The van der Waals surface area contributed by atoms with Crippen LogP contribution in [-0.2, 0) is 4.74 Å². The highest BCUT2D eigenvalue weighted by Crippen LogP contribution is 2.06. The number of likely N-dealkylation sites (N-methyl/N-ethyl adjacent to an activating group) is 1. The van der Waals surface area contributed by atoms with Gasteiger partial charge in [-0.15, -0.1) is 0 Å². The summed E-state index contributed by atoms with van der Waals surface area (Å²) in [6, 6.07) is 0.541. The van der Waals surface area contributed by atoms with E-state index in [1.165, 1.54) is 38.6 Å². The van der Waals surface area contributed by atoms with E-state index in [0.29, 0.717) is 6.04 Å². The van der Waals surface area contributed by atoms with E-state index in [2.05, 4.69) is 18.7 Å². The van der Waals surface area contributed by atoms with Gasteiger partial charge in [0.25, 0.3) is 0 Å². The number of nitrogens with zero attached hydrogens (tertiary/aromatic N) is 1. The van der Waals surface area contributed by atoms with Crippen LogP contribution in [0.15, 0.2) is 0 Å². The molecule has 0 radical (unpaired) electrons. The molecule has 0 heterocycles. The predicted octanol–water partition coefficient (Wildman–Crippen LogP) is 2.25. The quantitative estimate of drug-likeness (QED) is 0.553. The van der Waals surface area contributed by atoms with Crippen molar-refractivity contribution < 1.29 is 4.74 Å². The van der Waals surface area contributed by atoms with Crippen molar-refractivity contribution in [2.45, 2.75) is 52.0 Å². The molecule has 0 aromatic heterocycles. The molecule has 0 aromatic rings. The number of hydrogen-bond donors (Lipinski definition) is 1. The first-order chi connectivity index (χ1) is 7.76. The monoisotopic (exact) mass is 230 g/mol. The maximum atomic E-state index is 5.46. The van der Waals surface area contributed by atoms with Crippen LogP contribution in [0.25, 0.3) is 0 Å². The van der Waals surface area contributed by atoms with Gasteiger partial charge in [-0.3, -0.25) is 4.90 Å². The molecule has 0 rings (SSSR count). The molecule has 98 valence electrons. The maximum absolute atomic E-state index is 5.46. The van der Waals surface area contributed by atoms with Crippen molar-refractivity contribution in [3.05, 3.63) is 0 Å². The molecule has 16 heavy (non-hydrogen) atoms. The van der Waals surface area contributed by atoms with Crippen LogP contribution in [-0.4, -0.2) is 44.3 Å². The summed E-state index contributed by atoms with van der Waals surface area (Å²) in [5.41, 5.74) is 5.46. The molecule has 0 aliphatic rings. The molecular weight excluding hydrogens is 200 g/mol. The van der Waals surface area contributed by atoms with E-state index in [0.717, 1.165) is 19.7 Å². The van der Waals surface area contributed by atoms with Crippen LogP contribution in [0.4, 0.5) is 0 Å². The Morgan fingerprint density at radius 3 is 2.31 bits per heavy atom. The van der Waals surface area contributed by atoms with Gasteiger partial charge < -0.3 is 10.5 Å². The Morgan fingerprint density at radius 1 is 1.12 bits per heavy atom. The summed E-state index contributed by atoms with van der Waals surface area (Å²) >= 11 is 0. The lowest BCUT2D eigenvalue weighted by Gasteiger charge is -2.27. The molecule has 0 aliphatic carbocycles. The van der Waals surface area contributed by atoms with E-state index in [-0.39, 0.29) is 0 Å². The van der Waals surface area contributed by atoms with Gasteiger partial charge in [0.1, 0.15) is 0 Å². The molecule has 0 saturated carbocycles. The molecule has 0 amide bonds. The molecule has 0 saturated heterocycles. The predicted molar refractivity (Wildman–Crippen MR) is 70.7 cm³/mol. The third-order valence-corrected chi connectivity index (χ3v) is 3.09. The Kier molecular flexibility index (Phi) is 11.3. The highest BCUT2D eigenvalue weighted by atomic mass is 16.5. The minimum atomic E-state index is 0.541. The molecule has 3 nitrogen and oxygen atoms in total. The number of hydrogen-bond acceptors (Lipinski definition) is 3. The summed E-state index contributed by atoms with van der Waals surface area (Å²) in [7, 11) is 1.77. The lowest BCUT2D eigenvalue weighted by atomic mass is 10.1. The second-order valence-corrected chi connectivity index (χ2v) is 4.49. The largest absolute Gasteiger partial charge is 0.383 e. The molecule has 0 bridgehead atoms. The van der Waals surface area contributed by atoms with Crippen LogP contribution in [0.2, 0.25) is 0 Å². The number of rotatable bonds is 11. The smallest absolute Gasteiger partial charge is 0.0615 e. The fourth-order valence-corrected chi connectivity index (χ4v) is 2.03. The number of unbranched alkanes of at least 4 members (excludes halogenated alkanes) is 4. The Labute approximate surface area is 101 Å². The van der Waals surface area contributed by atoms with Crippen molar-refractivity contribution in [1.29, 1.82) is 0 Å². The number of methoxy groups -OCH3 is 1. The summed E-state index contributed by atoms with van der Waals surface area (Å²) in [5.74, 6) is 0. The molecule has 3 heteroatoms. The van der Waals surface area contributed by atoms with Gasteiger partial charge >= 0.3 is 0 Å². The first-order valence-electron chi connectivity index (χ1n) is 6.69. The highest BCUT2D eigenvalue weighted by Gasteiger charge is 2.10. The summed E-state index contributed by atoms with van der Waals surface area (Å²) in [4.78, 5) is 2.49. The second-order valence-electron chi connectivity index (χ2n) is 4.49. The Morgan fingerprint density at radius 2 is 1.75 bits per heavy atom. The van der Waals surface area contributed by atoms with Gasteiger partial charge in [-0.05, 0) is 39.4 Å². The van der Waals surface area contributed by atoms with Crippen LogP contribution in [0.3, 0.4) is 0 Å². The van der Waals surface area contributed by atoms with Crippen LogP contribution >= 0.6 is 0 Å². The maximum Gasteiger partial charge on any atom is 0.0615 e. The van der Waals surface area contributed by atoms with E-state index in [1.807, 2.05) is 0 Å². The van der Waals surface area contributed by atoms with Crippen molar-refractivity contribution in [2.75, 3.05) is 33.4 Å². The van der Waals surface area contributed by atoms with E-state index >= 15 is 0 Å². The van der Waals surface area contributed by atoms with Crippen molar-refractivity contribution in [3.8, 4) is 0 Å². The average Bonchev–Trinajstić information content (AvgIpc) is 2.28. The summed E-state index contributed by atoms with van der Waals surface area (Å²) in [5, 5.41) is 0. The average molecular weight is 230 g/mol. The van der Waals surface area contributed by atoms with Crippen molar-refractivity contribution >= 4 is 0 Å². The van der Waals surface area contributed by atoms with Crippen molar-refractivity contribution in [1.82, 2.24) is 4.90 Å². The van der Waals surface area contributed by atoms with Crippen molar-refractivity contribution in [3.63, 3.8) is 0 Å². The van der Waals surface area contributed by atoms with Crippen LogP contribution in [0.5, 0.6) is 0 Å². The molecule has 0 aromatic carbocycles. The molecule has 2 N–H and O–H groups in total. The third-order valence-electron chi connectivity index (χ3n) is 3.09. The lowest BCUT2D eigenvalue weighted by molar-refractivity contribution is 0.101. The summed E-state index contributed by atoms with van der Waals surface area (Å²) in [6.07, 6.45) is 6.42. The Hall–Kier alpha value is -0.120. The zero-order chi connectivity index (χ0) is 12.2. The third kappa shape index (κ3) is 8.08. The fourth-order valence-electron chi connectivity index (χ4n) is 2.03. The molecule has 0 spiro atoms. The van der Waals surface area contributed by atoms with Gasteiger partial charge in [0.2, 0.25) is 0 Å². The van der Waals surface area contributed by atoms with Crippen LogP contribution in [0.1, 0.15) is 46.0 Å². The highest BCUT2D eigenvalue weighted by molar-refractivity contribution is 4.65. The van der Waals surface area contributed by atoms with Gasteiger partial charge in [-0.1, -0.05) is 26.2 Å². The van der Waals surface area contributed by atoms with Crippen LogP contribution in [0, 0.1) is 0 Å². The molecular formula is C13H30N2O. The lowest BCUT2D eigenvalue weighted by Crippen LogP contribution is -2.36. The van der Waals surface area contributed by atoms with E-state index < -0.39 is 0 Å². The van der Waals surface area contributed by atoms with Crippen LogP contribution < -0.4 is 5.73 Å². The Bertz CT molecular complexity index is 142. The number of ether oxygens (including phenoxy) is 1. The standard InChI is InChI=1S/C13H30N2O/c1-4-15(13(2)12-16-3)11-9-7-5-6-8-10-14/h13H,4-12,14H2,1-3H3. The number of nitrogens with two attached hydrogens (primary N) is 1. The molecule has 1 unspecified atom stereocenters. The van der Waals surface area contributed by atoms with Gasteiger partial charge in [-0.2, -0.15) is 0 Å². The fraction of sp³-hybridized carbons (Fsp3) is 1.00. The molecule has 0 aliphatic heterocycles. The first-order valence-corrected chi connectivity index (χ1v) is 6.69. The van der Waals surface area contributed by atoms with E-state index in [9.17, 15) is 0 Å². The first kappa shape index (κ1) is 15.9. The SMILES string of the molecule is CCN(CCCCCCCN)C(C)COC. The van der Waals surface area contributed by atoms with E-state index in [1.54, 1.807) is 7.11 Å². The van der Waals surface area contributed by atoms with Gasteiger partial charge in [0, 0.05) is 13.2 Å². The molecule has 0 fully saturated rings. The zero-order valence-corrected chi connectivity index (χ0v) is 11.4. The van der Waals surface area contributed by atoms with E-state index in [4.69, 9.17) is 10.5 Å². The minimum absolute atomic E-state index is 0.541. The minimum Gasteiger partial charge on any atom is -0.383 e. The normalized spacial score (nSPS) is 13.3. The van der Waals surface area contributed by atoms with Gasteiger partial charge in [0.15, 0.2) is 0 Å². The summed E-state index contributed by atoms with van der Waals surface area (Å²) < 4.78 is 5.19. The van der Waals surface area contributed by atoms with Gasteiger partial charge in [-0.25, -0.2) is 0 Å². The summed E-state index contributed by atoms with van der Waals surface area (Å²) in [6.45, 7) is 8.45. The van der Waals surface area contributed by atoms with Crippen molar-refractivity contribution in [2.24, 2.45) is 5.73 Å². The molecule has 1 atom stereocenters. The Balaban J connectivity index is 3.47. The topological polar surface area (TPSA) is 38.5 Å². The zero-order valence-electron chi connectivity index (χ0n) is 11.4. The second kappa shape index (κ2) is 11.4.